The Hall–Kier alpha value is -1.81. The number of aromatic nitrogens is 1. The molecule has 0 spiro atoms. The molecule has 0 fully saturated rings. The van der Waals surface area contributed by atoms with Crippen molar-refractivity contribution in [2.45, 2.75) is 46.1 Å². The first-order valence-corrected chi connectivity index (χ1v) is 8.71. The highest BCUT2D eigenvalue weighted by Gasteiger charge is 2.24. The maximum absolute atomic E-state index is 12.0. The zero-order chi connectivity index (χ0) is 16.1. The molecule has 2 rings (SSSR count). The summed E-state index contributed by atoms with van der Waals surface area (Å²) in [5.41, 5.74) is 10.6. The molecule has 0 saturated carbocycles. The predicted molar refractivity (Wildman–Crippen MR) is 94.4 cm³/mol. The summed E-state index contributed by atoms with van der Waals surface area (Å²) in [5, 5.41) is 4.12. The van der Waals surface area contributed by atoms with Gasteiger partial charge in [-0.3, -0.25) is 4.79 Å². The third-order valence-corrected chi connectivity index (χ3v) is 4.70. The number of rotatable bonds is 8. The molecule has 0 aromatic carbocycles. The second kappa shape index (κ2) is 7.45. The zero-order valence-corrected chi connectivity index (χ0v) is 14.2. The van der Waals surface area contributed by atoms with E-state index < -0.39 is 0 Å². The molecule has 4 heteroatoms. The Labute approximate surface area is 136 Å². The van der Waals surface area contributed by atoms with E-state index in [0.717, 1.165) is 29.7 Å². The van der Waals surface area contributed by atoms with E-state index >= 15 is 0 Å². The van der Waals surface area contributed by atoms with Gasteiger partial charge < -0.3 is 10.3 Å². The number of hydrogen-bond acceptors (Lipinski definition) is 2. The molecule has 0 radical (unpaired) electrons. The minimum atomic E-state index is -0.349. The van der Waals surface area contributed by atoms with E-state index in [2.05, 4.69) is 29.5 Å². The van der Waals surface area contributed by atoms with Gasteiger partial charge in [-0.2, -0.15) is 11.3 Å². The van der Waals surface area contributed by atoms with Crippen molar-refractivity contribution in [3.63, 3.8) is 0 Å². The highest BCUT2D eigenvalue weighted by Crippen LogP contribution is 2.35. The molecule has 0 unspecified atom stereocenters. The summed E-state index contributed by atoms with van der Waals surface area (Å²) in [4.78, 5) is 12.0. The van der Waals surface area contributed by atoms with Crippen LogP contribution >= 0.6 is 11.3 Å². The normalized spacial score (nSPS) is 10.8. The van der Waals surface area contributed by atoms with Crippen LogP contribution in [0.15, 0.2) is 29.5 Å². The Kier molecular flexibility index (Phi) is 5.61. The van der Waals surface area contributed by atoms with Crippen LogP contribution in [-0.2, 0) is 13.0 Å². The van der Waals surface area contributed by atoms with Crippen molar-refractivity contribution in [3.05, 3.63) is 46.4 Å². The molecule has 2 aromatic rings. The molecule has 0 bridgehead atoms. The number of carbonyl (C=O) groups excluding carboxylic acids is 1. The minimum Gasteiger partial charge on any atom is -0.366 e. The quantitative estimate of drug-likeness (QED) is 0.564. The highest BCUT2D eigenvalue weighted by molar-refractivity contribution is 7.08. The van der Waals surface area contributed by atoms with Crippen molar-refractivity contribution in [1.29, 1.82) is 0 Å². The van der Waals surface area contributed by atoms with Gasteiger partial charge in [0.15, 0.2) is 0 Å². The molecule has 0 aliphatic heterocycles. The summed E-state index contributed by atoms with van der Waals surface area (Å²) in [6.45, 7) is 8.72. The van der Waals surface area contributed by atoms with E-state index in [1.807, 2.05) is 18.4 Å². The zero-order valence-electron chi connectivity index (χ0n) is 13.4. The van der Waals surface area contributed by atoms with E-state index in [1.54, 1.807) is 11.3 Å². The van der Waals surface area contributed by atoms with Crippen molar-refractivity contribution in [3.8, 4) is 11.1 Å². The molecule has 2 aromatic heterocycles. The van der Waals surface area contributed by atoms with Crippen LogP contribution in [0.3, 0.4) is 0 Å². The second-order valence-corrected chi connectivity index (χ2v) is 6.29. The van der Waals surface area contributed by atoms with Crippen LogP contribution in [0.2, 0.25) is 0 Å². The molecule has 2 N–H and O–H groups in total. The molecular formula is C18H24N2OS. The largest absolute Gasteiger partial charge is 0.366 e. The van der Waals surface area contributed by atoms with Gasteiger partial charge in [0.1, 0.15) is 0 Å². The number of carbonyl (C=O) groups is 1. The van der Waals surface area contributed by atoms with Crippen molar-refractivity contribution < 1.29 is 4.79 Å². The molecule has 0 aliphatic carbocycles. The van der Waals surface area contributed by atoms with Crippen LogP contribution in [0.5, 0.6) is 0 Å². The molecule has 2 heterocycles. The van der Waals surface area contributed by atoms with Crippen molar-refractivity contribution in [1.82, 2.24) is 4.57 Å². The minimum absolute atomic E-state index is 0.349. The molecule has 0 atom stereocenters. The van der Waals surface area contributed by atoms with E-state index in [9.17, 15) is 4.79 Å². The fourth-order valence-corrected chi connectivity index (χ4v) is 3.64. The van der Waals surface area contributed by atoms with Crippen LogP contribution in [0.1, 0.15) is 47.9 Å². The fourth-order valence-electron chi connectivity index (χ4n) is 3.00. The number of primary amides is 1. The van der Waals surface area contributed by atoms with Gasteiger partial charge in [0.2, 0.25) is 0 Å². The van der Waals surface area contributed by atoms with Gasteiger partial charge in [0.05, 0.1) is 5.56 Å². The molecule has 22 heavy (non-hydrogen) atoms. The first-order chi connectivity index (χ1) is 10.6. The van der Waals surface area contributed by atoms with Gasteiger partial charge in [-0.25, -0.2) is 0 Å². The Morgan fingerprint density at radius 1 is 1.45 bits per heavy atom. The molecule has 1 amide bonds. The Bertz CT molecular complexity index is 653. The predicted octanol–water partition coefficient (Wildman–Crippen LogP) is 4.54. The summed E-state index contributed by atoms with van der Waals surface area (Å²) < 4.78 is 2.19. The highest BCUT2D eigenvalue weighted by atomic mass is 32.1. The molecule has 3 nitrogen and oxygen atoms in total. The van der Waals surface area contributed by atoms with Crippen LogP contribution in [-0.4, -0.2) is 10.5 Å². The third kappa shape index (κ3) is 3.17. The maximum atomic E-state index is 12.0. The van der Waals surface area contributed by atoms with E-state index in [0.29, 0.717) is 12.1 Å². The monoisotopic (exact) mass is 316 g/mol. The van der Waals surface area contributed by atoms with Gasteiger partial charge in [0, 0.05) is 23.5 Å². The lowest BCUT2D eigenvalue weighted by atomic mass is 9.99. The van der Waals surface area contributed by atoms with Crippen LogP contribution < -0.4 is 5.73 Å². The first kappa shape index (κ1) is 16.6. The van der Waals surface area contributed by atoms with Crippen molar-refractivity contribution >= 4 is 17.2 Å². The fraction of sp³-hybridized carbons (Fsp3) is 0.389. The first-order valence-electron chi connectivity index (χ1n) is 7.77. The number of unbranched alkanes of at least 4 members (excludes halogenated alkanes) is 2. The second-order valence-electron chi connectivity index (χ2n) is 5.51. The Morgan fingerprint density at radius 2 is 2.23 bits per heavy atom. The average Bonchev–Trinajstić information content (AvgIpc) is 3.08. The molecule has 0 saturated heterocycles. The summed E-state index contributed by atoms with van der Waals surface area (Å²) in [6, 6.07) is 2.06. The summed E-state index contributed by atoms with van der Waals surface area (Å²) in [7, 11) is 0. The number of hydrogen-bond donors (Lipinski definition) is 1. The SMILES string of the molecule is C=CCn1c(C)c(C(N)=O)c(-c2ccsc2)c1CCCCC. The molecule has 118 valence electrons. The van der Waals surface area contributed by atoms with Crippen LogP contribution in [0, 0.1) is 6.92 Å². The van der Waals surface area contributed by atoms with E-state index in [1.165, 1.54) is 18.5 Å². The number of amides is 1. The number of nitrogens with zero attached hydrogens (tertiary/aromatic N) is 1. The smallest absolute Gasteiger partial charge is 0.251 e. The van der Waals surface area contributed by atoms with E-state index in [4.69, 9.17) is 5.73 Å². The van der Waals surface area contributed by atoms with E-state index in [-0.39, 0.29) is 5.91 Å². The Morgan fingerprint density at radius 3 is 2.77 bits per heavy atom. The number of nitrogens with two attached hydrogens (primary N) is 1. The lowest BCUT2D eigenvalue weighted by molar-refractivity contribution is 0.1000. The van der Waals surface area contributed by atoms with Crippen molar-refractivity contribution in [2.24, 2.45) is 5.73 Å². The third-order valence-electron chi connectivity index (χ3n) is 4.02. The average molecular weight is 316 g/mol. The number of thiophene rings is 1. The summed E-state index contributed by atoms with van der Waals surface area (Å²) >= 11 is 1.64. The lowest BCUT2D eigenvalue weighted by Gasteiger charge is -2.10. The lowest BCUT2D eigenvalue weighted by Crippen LogP contribution is -2.13. The molecule has 0 aliphatic rings. The van der Waals surface area contributed by atoms with Crippen LogP contribution in [0.4, 0.5) is 0 Å². The van der Waals surface area contributed by atoms with Gasteiger partial charge in [-0.1, -0.05) is 25.8 Å². The Balaban J connectivity index is 2.62. The maximum Gasteiger partial charge on any atom is 0.251 e. The standard InChI is InChI=1S/C18H24N2OS/c1-4-6-7-8-15-17(14-9-11-22-12-14)16(18(19)21)13(3)20(15)10-5-2/h5,9,11-12H,2,4,6-8,10H2,1,3H3,(H2,19,21). The van der Waals surface area contributed by atoms with Crippen LogP contribution in [0.25, 0.3) is 11.1 Å². The topological polar surface area (TPSA) is 48.0 Å². The summed E-state index contributed by atoms with van der Waals surface area (Å²) in [6.07, 6.45) is 6.32. The van der Waals surface area contributed by atoms with Gasteiger partial charge in [0.25, 0.3) is 5.91 Å². The van der Waals surface area contributed by atoms with Gasteiger partial charge in [-0.05, 0) is 42.2 Å². The summed E-state index contributed by atoms with van der Waals surface area (Å²) in [5.74, 6) is -0.349. The van der Waals surface area contributed by atoms with Crippen molar-refractivity contribution in [2.75, 3.05) is 0 Å². The number of allylic oxidation sites excluding steroid dienone is 1. The van der Waals surface area contributed by atoms with Gasteiger partial charge in [-0.15, -0.1) is 6.58 Å². The van der Waals surface area contributed by atoms with Gasteiger partial charge >= 0.3 is 0 Å². The molecular weight excluding hydrogens is 292 g/mol.